The quantitative estimate of drug-likeness (QED) is 0.721. The molecule has 0 radical (unpaired) electrons. The number of esters is 1. The van der Waals surface area contributed by atoms with E-state index < -0.39 is 5.41 Å². The highest BCUT2D eigenvalue weighted by Gasteiger charge is 2.30. The van der Waals surface area contributed by atoms with E-state index in [1.54, 1.807) is 18.7 Å². The van der Waals surface area contributed by atoms with E-state index >= 15 is 0 Å². The Balaban J connectivity index is 2.39. The van der Waals surface area contributed by atoms with E-state index in [1.807, 2.05) is 0 Å². The first-order chi connectivity index (χ1) is 7.97. The van der Waals surface area contributed by atoms with Crippen molar-refractivity contribution in [2.24, 2.45) is 5.41 Å². The van der Waals surface area contributed by atoms with Crippen LogP contribution in [0, 0.1) is 5.41 Å². The van der Waals surface area contributed by atoms with Crippen LogP contribution in [0.25, 0.3) is 0 Å². The van der Waals surface area contributed by atoms with E-state index in [9.17, 15) is 9.59 Å². The van der Waals surface area contributed by atoms with Gasteiger partial charge in [0.25, 0.3) is 0 Å². The van der Waals surface area contributed by atoms with Crippen molar-refractivity contribution < 1.29 is 19.1 Å². The zero-order valence-corrected chi connectivity index (χ0v) is 10.6. The summed E-state index contributed by atoms with van der Waals surface area (Å²) in [6, 6.07) is -0.162. The number of morpholine rings is 1. The molecule has 0 aromatic carbocycles. The normalized spacial score (nSPS) is 16.5. The Morgan fingerprint density at radius 1 is 1.35 bits per heavy atom. The number of hydrogen-bond donors (Lipinski definition) is 1. The van der Waals surface area contributed by atoms with Crippen LogP contribution < -0.4 is 5.32 Å². The van der Waals surface area contributed by atoms with E-state index in [-0.39, 0.29) is 18.5 Å². The number of methoxy groups -OCH3 is 1. The van der Waals surface area contributed by atoms with Crippen LogP contribution in [-0.4, -0.2) is 56.9 Å². The minimum Gasteiger partial charge on any atom is -0.469 e. The number of ether oxygens (including phenoxy) is 2. The Morgan fingerprint density at radius 2 is 1.94 bits per heavy atom. The number of hydrogen-bond acceptors (Lipinski definition) is 4. The highest BCUT2D eigenvalue weighted by atomic mass is 16.5. The fourth-order valence-electron chi connectivity index (χ4n) is 1.52. The van der Waals surface area contributed by atoms with Gasteiger partial charge in [-0.25, -0.2) is 4.79 Å². The summed E-state index contributed by atoms with van der Waals surface area (Å²) in [6.07, 6.45) is 0. The van der Waals surface area contributed by atoms with Crippen molar-refractivity contribution in [2.75, 3.05) is 40.0 Å². The lowest BCUT2D eigenvalue weighted by Gasteiger charge is -2.29. The molecule has 0 spiro atoms. The van der Waals surface area contributed by atoms with E-state index in [1.165, 1.54) is 7.11 Å². The standard InChI is InChI=1S/C11H20N2O4/c1-11(2,9(14)16-3)8-12-10(15)13-4-6-17-7-5-13/h4-8H2,1-3H3,(H,12,15). The summed E-state index contributed by atoms with van der Waals surface area (Å²) >= 11 is 0. The van der Waals surface area contributed by atoms with Gasteiger partial charge >= 0.3 is 12.0 Å². The highest BCUT2D eigenvalue weighted by Crippen LogP contribution is 2.15. The molecule has 1 rings (SSSR count). The third-order valence-electron chi connectivity index (χ3n) is 2.72. The summed E-state index contributed by atoms with van der Waals surface area (Å²) in [4.78, 5) is 24.9. The largest absolute Gasteiger partial charge is 0.469 e. The van der Waals surface area contributed by atoms with E-state index in [0.29, 0.717) is 26.3 Å². The zero-order chi connectivity index (χ0) is 12.9. The summed E-state index contributed by atoms with van der Waals surface area (Å²) < 4.78 is 9.82. The monoisotopic (exact) mass is 244 g/mol. The summed E-state index contributed by atoms with van der Waals surface area (Å²) in [7, 11) is 1.34. The second kappa shape index (κ2) is 5.86. The predicted octanol–water partition coefficient (Wildman–Crippen LogP) is 0.227. The third kappa shape index (κ3) is 3.89. The number of amides is 2. The predicted molar refractivity (Wildman–Crippen MR) is 61.6 cm³/mol. The lowest BCUT2D eigenvalue weighted by atomic mass is 9.94. The van der Waals surface area contributed by atoms with Crippen molar-refractivity contribution in [3.05, 3.63) is 0 Å². The van der Waals surface area contributed by atoms with Crippen molar-refractivity contribution >= 4 is 12.0 Å². The van der Waals surface area contributed by atoms with Crippen molar-refractivity contribution in [3.8, 4) is 0 Å². The topological polar surface area (TPSA) is 67.9 Å². The fourth-order valence-corrected chi connectivity index (χ4v) is 1.52. The van der Waals surface area contributed by atoms with Gasteiger partial charge < -0.3 is 19.7 Å². The van der Waals surface area contributed by atoms with Crippen molar-refractivity contribution in [1.29, 1.82) is 0 Å². The second-order valence-electron chi connectivity index (χ2n) is 4.63. The summed E-state index contributed by atoms with van der Waals surface area (Å²) in [5.74, 6) is -0.334. The Bertz CT molecular complexity index is 285. The van der Waals surface area contributed by atoms with Gasteiger partial charge in [0.1, 0.15) is 0 Å². The Hall–Kier alpha value is -1.30. The lowest BCUT2D eigenvalue weighted by molar-refractivity contribution is -0.150. The van der Waals surface area contributed by atoms with Crippen molar-refractivity contribution in [2.45, 2.75) is 13.8 Å². The van der Waals surface area contributed by atoms with Crippen LogP contribution in [0.3, 0.4) is 0 Å². The summed E-state index contributed by atoms with van der Waals surface area (Å²) in [5, 5.41) is 2.74. The molecule has 1 aliphatic heterocycles. The first-order valence-corrected chi connectivity index (χ1v) is 5.66. The molecule has 0 bridgehead atoms. The van der Waals surface area contributed by atoms with Gasteiger partial charge in [0.15, 0.2) is 0 Å². The van der Waals surface area contributed by atoms with Crippen LogP contribution in [0.4, 0.5) is 4.79 Å². The first kappa shape index (κ1) is 13.8. The smallest absolute Gasteiger partial charge is 0.317 e. The maximum atomic E-state index is 11.8. The molecule has 1 heterocycles. The minimum absolute atomic E-state index is 0.162. The Labute approximate surface area is 101 Å². The van der Waals surface area contributed by atoms with Crippen molar-refractivity contribution in [1.82, 2.24) is 10.2 Å². The molecule has 0 aromatic heterocycles. The maximum Gasteiger partial charge on any atom is 0.317 e. The molecule has 1 N–H and O–H groups in total. The average molecular weight is 244 g/mol. The molecule has 0 aromatic rings. The van der Waals surface area contributed by atoms with Crippen LogP contribution in [0.1, 0.15) is 13.8 Å². The van der Waals surface area contributed by atoms with E-state index in [4.69, 9.17) is 4.74 Å². The SMILES string of the molecule is COC(=O)C(C)(C)CNC(=O)N1CCOCC1. The van der Waals surface area contributed by atoms with E-state index in [0.717, 1.165) is 0 Å². The number of carbonyl (C=O) groups excluding carboxylic acids is 2. The highest BCUT2D eigenvalue weighted by molar-refractivity contribution is 5.78. The molecular formula is C11H20N2O4. The Morgan fingerprint density at radius 3 is 2.47 bits per heavy atom. The number of nitrogens with one attached hydrogen (secondary N) is 1. The second-order valence-corrected chi connectivity index (χ2v) is 4.63. The molecule has 0 saturated carbocycles. The molecule has 6 heteroatoms. The summed E-state index contributed by atoms with van der Waals surface area (Å²) in [5.41, 5.74) is -0.712. The van der Waals surface area contributed by atoms with Crippen molar-refractivity contribution in [3.63, 3.8) is 0 Å². The molecule has 17 heavy (non-hydrogen) atoms. The number of rotatable bonds is 3. The van der Waals surface area contributed by atoms with Gasteiger partial charge in [-0.15, -0.1) is 0 Å². The van der Waals surface area contributed by atoms with Crippen LogP contribution in [0.5, 0.6) is 0 Å². The molecule has 0 aliphatic carbocycles. The molecule has 0 unspecified atom stereocenters. The molecule has 1 aliphatic rings. The van der Waals surface area contributed by atoms with E-state index in [2.05, 4.69) is 10.1 Å². The molecule has 1 fully saturated rings. The summed E-state index contributed by atoms with van der Waals surface area (Å²) in [6.45, 7) is 6.03. The van der Waals surface area contributed by atoms with Crippen LogP contribution in [0.2, 0.25) is 0 Å². The van der Waals surface area contributed by atoms with Gasteiger partial charge in [0, 0.05) is 19.6 Å². The molecule has 6 nitrogen and oxygen atoms in total. The van der Waals surface area contributed by atoms with Crippen LogP contribution >= 0.6 is 0 Å². The maximum absolute atomic E-state index is 11.8. The van der Waals surface area contributed by atoms with Gasteiger partial charge in [-0.05, 0) is 13.8 Å². The zero-order valence-electron chi connectivity index (χ0n) is 10.6. The molecular weight excluding hydrogens is 224 g/mol. The number of carbonyl (C=O) groups is 2. The third-order valence-corrected chi connectivity index (χ3v) is 2.72. The average Bonchev–Trinajstić information content (AvgIpc) is 2.36. The van der Waals surface area contributed by atoms with Gasteiger partial charge in [0.05, 0.1) is 25.7 Å². The molecule has 0 atom stereocenters. The van der Waals surface area contributed by atoms with Gasteiger partial charge in [-0.1, -0.05) is 0 Å². The first-order valence-electron chi connectivity index (χ1n) is 5.66. The number of nitrogens with zero attached hydrogens (tertiary/aromatic N) is 1. The fraction of sp³-hybridized carbons (Fsp3) is 0.818. The Kier molecular flexibility index (Phi) is 4.74. The van der Waals surface area contributed by atoms with Crippen LogP contribution in [0.15, 0.2) is 0 Å². The van der Waals surface area contributed by atoms with Crippen LogP contribution in [-0.2, 0) is 14.3 Å². The molecule has 2 amide bonds. The van der Waals surface area contributed by atoms with Gasteiger partial charge in [0.2, 0.25) is 0 Å². The van der Waals surface area contributed by atoms with Gasteiger partial charge in [-0.3, -0.25) is 4.79 Å². The lowest BCUT2D eigenvalue weighted by Crippen LogP contribution is -2.49. The molecule has 98 valence electrons. The molecule has 1 saturated heterocycles. The number of urea groups is 1. The minimum atomic E-state index is -0.712. The van der Waals surface area contributed by atoms with Gasteiger partial charge in [-0.2, -0.15) is 0 Å².